The molecule has 0 saturated carbocycles. The normalized spacial score (nSPS) is 16.4. The van der Waals surface area contributed by atoms with Gasteiger partial charge in [-0.25, -0.2) is 4.57 Å². The third-order valence-electron chi connectivity index (χ3n) is 6.07. The quantitative estimate of drug-likeness (QED) is 0.425. The molecule has 160 valence electrons. The summed E-state index contributed by atoms with van der Waals surface area (Å²) in [6, 6.07) is 26.6. The molecule has 0 fully saturated rings. The van der Waals surface area contributed by atoms with E-state index >= 15 is 0 Å². The summed E-state index contributed by atoms with van der Waals surface area (Å²) in [7, 11) is -3.71. The summed E-state index contributed by atoms with van der Waals surface area (Å²) in [5.74, 6) is 0. The molecule has 0 spiro atoms. The molecular weight excluding hydrogens is 407 g/mol. The molecule has 0 aliphatic heterocycles. The van der Waals surface area contributed by atoms with Crippen molar-refractivity contribution in [3.63, 3.8) is 0 Å². The van der Waals surface area contributed by atoms with Gasteiger partial charge in [-0.15, -0.1) is 0 Å². The van der Waals surface area contributed by atoms with E-state index in [1.807, 2.05) is 54.6 Å². The molecule has 0 bridgehead atoms. The molecule has 3 aromatic rings. The highest BCUT2D eigenvalue weighted by Crippen LogP contribution is 2.54. The van der Waals surface area contributed by atoms with Gasteiger partial charge in [0.1, 0.15) is 0 Å². The molecule has 0 heterocycles. The van der Waals surface area contributed by atoms with Crippen molar-refractivity contribution in [1.29, 1.82) is 0 Å². The molecule has 3 aromatic carbocycles. The Kier molecular flexibility index (Phi) is 6.06. The van der Waals surface area contributed by atoms with Crippen LogP contribution in [0.4, 0.5) is 0 Å². The first-order valence-corrected chi connectivity index (χ1v) is 12.4. The number of hydrogen-bond acceptors (Lipinski definition) is 4. The zero-order valence-corrected chi connectivity index (χ0v) is 18.4. The Labute approximate surface area is 183 Å². The molecule has 0 saturated heterocycles. The lowest BCUT2D eigenvalue weighted by Crippen LogP contribution is -2.19. The highest BCUT2D eigenvalue weighted by Gasteiger charge is 2.38. The number of phosphoric acid groups is 1. The van der Waals surface area contributed by atoms with Crippen molar-refractivity contribution in [2.45, 2.75) is 44.3 Å². The number of rotatable bonds is 8. The van der Waals surface area contributed by atoms with Crippen LogP contribution in [0.2, 0.25) is 0 Å². The van der Waals surface area contributed by atoms with Gasteiger partial charge in [-0.3, -0.25) is 13.6 Å². The van der Waals surface area contributed by atoms with Crippen LogP contribution in [0.15, 0.2) is 78.9 Å². The van der Waals surface area contributed by atoms with Crippen LogP contribution >= 0.6 is 7.82 Å². The monoisotopic (exact) mass is 434 g/mol. The van der Waals surface area contributed by atoms with Gasteiger partial charge in [0, 0.05) is 0 Å². The van der Waals surface area contributed by atoms with Gasteiger partial charge in [0.15, 0.2) is 0 Å². The average molecular weight is 434 g/mol. The second kappa shape index (κ2) is 9.10. The Hall–Kier alpha value is -2.23. The lowest BCUT2D eigenvalue weighted by molar-refractivity contribution is 0.0582. The van der Waals surface area contributed by atoms with Gasteiger partial charge in [0.2, 0.25) is 0 Å². The van der Waals surface area contributed by atoms with Crippen molar-refractivity contribution in [3.8, 4) is 0 Å². The van der Waals surface area contributed by atoms with Gasteiger partial charge in [0.25, 0.3) is 0 Å². The lowest BCUT2D eigenvalue weighted by Gasteiger charge is -2.24. The van der Waals surface area contributed by atoms with Gasteiger partial charge in [-0.2, -0.15) is 0 Å². The van der Waals surface area contributed by atoms with Crippen LogP contribution in [0.25, 0.3) is 0 Å². The number of benzene rings is 3. The largest absolute Gasteiger partial charge is 0.475 e. The molecule has 2 aliphatic carbocycles. The average Bonchev–Trinajstić information content (AvgIpc) is 3.36. The fourth-order valence-corrected chi connectivity index (χ4v) is 6.07. The third kappa shape index (κ3) is 4.99. The van der Waals surface area contributed by atoms with Crippen LogP contribution in [0.1, 0.15) is 27.8 Å². The fourth-order valence-electron chi connectivity index (χ4n) is 4.56. The summed E-state index contributed by atoms with van der Waals surface area (Å²) in [5.41, 5.74) is 6.12. The van der Waals surface area contributed by atoms with Crippen molar-refractivity contribution >= 4 is 7.82 Å². The van der Waals surface area contributed by atoms with Crippen molar-refractivity contribution in [3.05, 3.63) is 107 Å². The molecule has 2 aliphatic rings. The number of fused-ring (bicyclic) bond motifs is 2. The Morgan fingerprint density at radius 3 is 1.52 bits per heavy atom. The highest BCUT2D eigenvalue weighted by molar-refractivity contribution is 7.48. The third-order valence-corrected chi connectivity index (χ3v) is 7.68. The minimum absolute atomic E-state index is 0.191. The minimum Gasteiger partial charge on any atom is -0.287 e. The second-order valence-electron chi connectivity index (χ2n) is 8.32. The molecule has 0 aromatic heterocycles. The molecule has 0 radical (unpaired) electrons. The van der Waals surface area contributed by atoms with Gasteiger partial charge >= 0.3 is 7.82 Å². The summed E-state index contributed by atoms with van der Waals surface area (Å²) in [6.45, 7) is 0.292. The van der Waals surface area contributed by atoms with E-state index in [-0.39, 0.29) is 12.2 Å². The Balaban J connectivity index is 1.27. The molecule has 0 amide bonds. The molecule has 0 atom stereocenters. The first-order chi connectivity index (χ1) is 15.2. The van der Waals surface area contributed by atoms with Gasteiger partial charge < -0.3 is 0 Å². The van der Waals surface area contributed by atoms with Crippen LogP contribution < -0.4 is 0 Å². The molecule has 5 rings (SSSR count). The Bertz CT molecular complexity index is 970. The standard InChI is InChI=1S/C26H27O4P/c27-31(28-15-14-20-8-2-1-3-9-20,29-25-16-21-10-4-5-11-22(21)17-25)30-26-18-23-12-6-7-13-24(23)19-26/h1-13,25-26H,14-19H2. The van der Waals surface area contributed by atoms with E-state index in [0.29, 0.717) is 13.0 Å². The van der Waals surface area contributed by atoms with Crippen LogP contribution in [-0.4, -0.2) is 18.8 Å². The first kappa shape index (κ1) is 20.7. The molecular formula is C26H27O4P. The Morgan fingerprint density at radius 2 is 1.06 bits per heavy atom. The maximum atomic E-state index is 13.8. The van der Waals surface area contributed by atoms with Crippen LogP contribution in [0.3, 0.4) is 0 Å². The van der Waals surface area contributed by atoms with Gasteiger partial charge in [-0.1, -0.05) is 78.9 Å². The van der Waals surface area contributed by atoms with E-state index in [2.05, 4.69) is 24.3 Å². The van der Waals surface area contributed by atoms with E-state index in [1.54, 1.807) is 0 Å². The second-order valence-corrected chi connectivity index (χ2v) is 9.90. The topological polar surface area (TPSA) is 44.8 Å². The molecule has 5 heteroatoms. The summed E-state index contributed by atoms with van der Waals surface area (Å²) < 4.78 is 31.8. The van der Waals surface area contributed by atoms with Gasteiger partial charge in [0.05, 0.1) is 18.8 Å². The van der Waals surface area contributed by atoms with Crippen LogP contribution in [0, 0.1) is 0 Å². The van der Waals surface area contributed by atoms with E-state index in [9.17, 15) is 4.57 Å². The summed E-state index contributed by atoms with van der Waals surface area (Å²) in [5, 5.41) is 0. The van der Waals surface area contributed by atoms with Crippen LogP contribution in [0.5, 0.6) is 0 Å². The van der Waals surface area contributed by atoms with Gasteiger partial charge in [-0.05, 0) is 59.9 Å². The van der Waals surface area contributed by atoms with E-state index in [0.717, 1.165) is 31.2 Å². The van der Waals surface area contributed by atoms with Crippen molar-refractivity contribution < 1.29 is 18.1 Å². The van der Waals surface area contributed by atoms with Crippen LogP contribution in [-0.2, 0) is 50.2 Å². The first-order valence-electron chi connectivity index (χ1n) is 11.0. The predicted octanol–water partition coefficient (Wildman–Crippen LogP) is 5.72. The maximum absolute atomic E-state index is 13.8. The molecule has 0 unspecified atom stereocenters. The van der Waals surface area contributed by atoms with Crippen molar-refractivity contribution in [1.82, 2.24) is 0 Å². The zero-order chi connectivity index (χ0) is 21.1. The molecule has 4 nitrogen and oxygen atoms in total. The maximum Gasteiger partial charge on any atom is 0.475 e. The van der Waals surface area contributed by atoms with E-state index in [1.165, 1.54) is 22.3 Å². The summed E-state index contributed by atoms with van der Waals surface area (Å²) in [6.07, 6.45) is 3.21. The number of phosphoric ester groups is 1. The highest BCUT2D eigenvalue weighted by atomic mass is 31.2. The SMILES string of the molecule is O=P(OCCc1ccccc1)(OC1Cc2ccccc2C1)OC1Cc2ccccc2C1. The van der Waals surface area contributed by atoms with E-state index < -0.39 is 7.82 Å². The minimum atomic E-state index is -3.71. The smallest absolute Gasteiger partial charge is 0.287 e. The molecule has 31 heavy (non-hydrogen) atoms. The fraction of sp³-hybridized carbons (Fsp3) is 0.308. The summed E-state index contributed by atoms with van der Waals surface area (Å²) in [4.78, 5) is 0. The van der Waals surface area contributed by atoms with E-state index in [4.69, 9.17) is 13.6 Å². The summed E-state index contributed by atoms with van der Waals surface area (Å²) >= 11 is 0. The Morgan fingerprint density at radius 1 is 0.645 bits per heavy atom. The van der Waals surface area contributed by atoms with Crippen molar-refractivity contribution in [2.75, 3.05) is 6.61 Å². The predicted molar refractivity (Wildman–Crippen MR) is 121 cm³/mol. The zero-order valence-electron chi connectivity index (χ0n) is 17.5. The van der Waals surface area contributed by atoms with Crippen molar-refractivity contribution in [2.24, 2.45) is 0 Å². The molecule has 0 N–H and O–H groups in total. The lowest BCUT2D eigenvalue weighted by atomic mass is 10.1. The number of hydrogen-bond donors (Lipinski definition) is 0.